The Balaban J connectivity index is 2.05. The fourth-order valence-electron chi connectivity index (χ4n) is 1.85. The molecule has 4 nitrogen and oxygen atoms in total. The number of halogens is 2. The number of nitrogens with zero attached hydrogens (tertiary/aromatic N) is 1. The van der Waals surface area contributed by atoms with E-state index in [4.69, 9.17) is 28.6 Å². The third-order valence-corrected chi connectivity index (χ3v) is 3.97. The van der Waals surface area contributed by atoms with E-state index in [1.807, 2.05) is 49.4 Å². The van der Waals surface area contributed by atoms with E-state index >= 15 is 0 Å². The molecule has 0 heterocycles. The molecule has 0 fully saturated rings. The van der Waals surface area contributed by atoms with Crippen molar-refractivity contribution in [1.29, 1.82) is 0 Å². The molecule has 0 aliphatic carbocycles. The van der Waals surface area contributed by atoms with Crippen LogP contribution in [-0.4, -0.2) is 17.9 Å². The zero-order valence-corrected chi connectivity index (χ0v) is 16.2. The second-order valence-electron chi connectivity index (χ2n) is 4.83. The Morgan fingerprint density at radius 2 is 2.04 bits per heavy atom. The molecular weight excluding hydrogens is 410 g/mol. The van der Waals surface area contributed by atoms with E-state index in [0.717, 1.165) is 27.9 Å². The second kappa shape index (κ2) is 9.61. The fraction of sp³-hybridized carbons (Fsp3) is 0.176. The lowest BCUT2D eigenvalue weighted by Crippen LogP contribution is -2.31. The molecule has 0 saturated carbocycles. The van der Waals surface area contributed by atoms with E-state index in [1.54, 1.807) is 6.21 Å². The van der Waals surface area contributed by atoms with Gasteiger partial charge in [-0.05, 0) is 55.0 Å². The first-order chi connectivity index (χ1) is 11.6. The normalized spacial score (nSPS) is 10.6. The number of benzene rings is 2. The molecule has 0 aromatic heterocycles. The highest BCUT2D eigenvalue weighted by Crippen LogP contribution is 2.23. The molecule has 0 atom stereocenters. The minimum absolute atomic E-state index is 0.447. The van der Waals surface area contributed by atoms with Crippen LogP contribution in [0.25, 0.3) is 0 Å². The van der Waals surface area contributed by atoms with Gasteiger partial charge in [0, 0.05) is 21.6 Å². The fourth-order valence-corrected chi connectivity index (χ4v) is 2.56. The van der Waals surface area contributed by atoms with Gasteiger partial charge >= 0.3 is 0 Å². The van der Waals surface area contributed by atoms with Gasteiger partial charge in [-0.3, -0.25) is 5.43 Å². The van der Waals surface area contributed by atoms with Crippen molar-refractivity contribution in [3.05, 3.63) is 63.1 Å². The minimum Gasteiger partial charge on any atom is -0.488 e. The molecule has 2 rings (SSSR count). The Hall–Kier alpha value is -1.63. The predicted molar refractivity (Wildman–Crippen MR) is 107 cm³/mol. The van der Waals surface area contributed by atoms with Crippen molar-refractivity contribution < 1.29 is 4.74 Å². The highest BCUT2D eigenvalue weighted by Gasteiger charge is 2.04. The Labute approximate surface area is 160 Å². The van der Waals surface area contributed by atoms with Crippen LogP contribution in [-0.2, 0) is 6.61 Å². The molecule has 24 heavy (non-hydrogen) atoms. The van der Waals surface area contributed by atoms with Crippen LogP contribution in [0.2, 0.25) is 5.02 Å². The van der Waals surface area contributed by atoms with Crippen LogP contribution in [0.1, 0.15) is 18.1 Å². The van der Waals surface area contributed by atoms with Gasteiger partial charge in [-0.1, -0.05) is 39.7 Å². The molecule has 126 valence electrons. The maximum Gasteiger partial charge on any atom is 0.186 e. The van der Waals surface area contributed by atoms with Gasteiger partial charge in [0.1, 0.15) is 12.4 Å². The number of ether oxygens (including phenoxy) is 1. The molecule has 0 amide bonds. The van der Waals surface area contributed by atoms with Crippen molar-refractivity contribution in [3.8, 4) is 5.75 Å². The predicted octanol–water partition coefficient (Wildman–Crippen LogP) is 4.50. The summed E-state index contributed by atoms with van der Waals surface area (Å²) in [5, 5.41) is 8.28. The average Bonchev–Trinajstić information content (AvgIpc) is 2.56. The third-order valence-electron chi connectivity index (χ3n) is 2.99. The summed E-state index contributed by atoms with van der Waals surface area (Å²) in [6.45, 7) is 3.16. The largest absolute Gasteiger partial charge is 0.488 e. The molecule has 0 spiro atoms. The van der Waals surface area contributed by atoms with Gasteiger partial charge in [0.15, 0.2) is 5.11 Å². The number of thiocarbonyl (C=S) groups is 1. The Morgan fingerprint density at radius 1 is 1.29 bits per heavy atom. The number of hydrogen-bond acceptors (Lipinski definition) is 3. The number of hydrogen-bond donors (Lipinski definition) is 2. The van der Waals surface area contributed by atoms with E-state index in [0.29, 0.717) is 16.7 Å². The molecule has 0 saturated heterocycles. The maximum atomic E-state index is 5.89. The summed E-state index contributed by atoms with van der Waals surface area (Å²) in [5.74, 6) is 0.730. The van der Waals surface area contributed by atoms with Crippen molar-refractivity contribution in [1.82, 2.24) is 10.7 Å². The summed E-state index contributed by atoms with van der Waals surface area (Å²) in [7, 11) is 0. The number of nitrogens with one attached hydrogen (secondary N) is 2. The van der Waals surface area contributed by atoms with E-state index in [2.05, 4.69) is 31.8 Å². The standard InChI is InChI=1S/C17H17BrClN3OS/c1-2-20-17(24)22-21-10-13-9-14(18)5-8-16(13)23-11-12-3-6-15(19)7-4-12/h3-10H,2,11H2,1H3,(H2,20,22,24)/b21-10-. The van der Waals surface area contributed by atoms with Gasteiger partial charge in [-0.15, -0.1) is 0 Å². The summed E-state index contributed by atoms with van der Waals surface area (Å²) in [6, 6.07) is 13.3. The molecular formula is C17H17BrClN3OS. The number of hydrazone groups is 1. The van der Waals surface area contributed by atoms with Crippen molar-refractivity contribution in [2.24, 2.45) is 5.10 Å². The Bertz CT molecular complexity index is 722. The average molecular weight is 427 g/mol. The van der Waals surface area contributed by atoms with Crippen LogP contribution in [0.15, 0.2) is 52.0 Å². The van der Waals surface area contributed by atoms with Gasteiger partial charge in [0.05, 0.1) is 6.21 Å². The monoisotopic (exact) mass is 425 g/mol. The molecule has 2 N–H and O–H groups in total. The Kier molecular flexibility index (Phi) is 7.49. The van der Waals surface area contributed by atoms with E-state index in [1.165, 1.54) is 0 Å². The van der Waals surface area contributed by atoms with Crippen LogP contribution in [0.5, 0.6) is 5.75 Å². The van der Waals surface area contributed by atoms with Crippen molar-refractivity contribution in [2.75, 3.05) is 6.54 Å². The van der Waals surface area contributed by atoms with Crippen LogP contribution in [0, 0.1) is 0 Å². The van der Waals surface area contributed by atoms with Crippen LogP contribution in [0.3, 0.4) is 0 Å². The lowest BCUT2D eigenvalue weighted by molar-refractivity contribution is 0.306. The van der Waals surface area contributed by atoms with Crippen molar-refractivity contribution in [3.63, 3.8) is 0 Å². The van der Waals surface area contributed by atoms with Gasteiger partial charge < -0.3 is 10.1 Å². The van der Waals surface area contributed by atoms with E-state index in [9.17, 15) is 0 Å². The lowest BCUT2D eigenvalue weighted by atomic mass is 10.2. The molecule has 2 aromatic carbocycles. The zero-order chi connectivity index (χ0) is 17.4. The molecule has 0 aliphatic rings. The van der Waals surface area contributed by atoms with E-state index < -0.39 is 0 Å². The molecule has 0 unspecified atom stereocenters. The zero-order valence-electron chi connectivity index (χ0n) is 13.1. The molecule has 0 radical (unpaired) electrons. The first kappa shape index (κ1) is 18.7. The van der Waals surface area contributed by atoms with Crippen molar-refractivity contribution in [2.45, 2.75) is 13.5 Å². The first-order valence-electron chi connectivity index (χ1n) is 7.32. The van der Waals surface area contributed by atoms with Gasteiger partial charge in [0.2, 0.25) is 0 Å². The van der Waals surface area contributed by atoms with Gasteiger partial charge in [-0.2, -0.15) is 5.10 Å². The summed E-state index contributed by atoms with van der Waals surface area (Å²) >= 11 is 14.4. The highest BCUT2D eigenvalue weighted by atomic mass is 79.9. The van der Waals surface area contributed by atoms with Gasteiger partial charge in [0.25, 0.3) is 0 Å². The van der Waals surface area contributed by atoms with Crippen LogP contribution >= 0.6 is 39.7 Å². The Morgan fingerprint density at radius 3 is 2.75 bits per heavy atom. The molecule has 7 heteroatoms. The number of rotatable bonds is 6. The van der Waals surface area contributed by atoms with Crippen molar-refractivity contribution >= 4 is 51.1 Å². The minimum atomic E-state index is 0.447. The topological polar surface area (TPSA) is 45.7 Å². The summed E-state index contributed by atoms with van der Waals surface area (Å²) < 4.78 is 6.83. The SMILES string of the molecule is CCNC(=S)N/N=C\c1cc(Br)ccc1OCc1ccc(Cl)cc1. The van der Waals surface area contributed by atoms with Gasteiger partial charge in [-0.25, -0.2) is 0 Å². The second-order valence-corrected chi connectivity index (χ2v) is 6.59. The molecule has 0 bridgehead atoms. The third kappa shape index (κ3) is 6.11. The first-order valence-corrected chi connectivity index (χ1v) is 8.90. The van der Waals surface area contributed by atoms with E-state index in [-0.39, 0.29) is 0 Å². The summed E-state index contributed by atoms with van der Waals surface area (Å²) in [6.07, 6.45) is 1.67. The van der Waals surface area contributed by atoms with Crippen LogP contribution < -0.4 is 15.5 Å². The highest BCUT2D eigenvalue weighted by molar-refractivity contribution is 9.10. The lowest BCUT2D eigenvalue weighted by Gasteiger charge is -2.10. The maximum absolute atomic E-state index is 5.89. The molecule has 2 aromatic rings. The quantitative estimate of drug-likeness (QED) is 0.405. The summed E-state index contributed by atoms with van der Waals surface area (Å²) in [5.41, 5.74) is 4.64. The van der Waals surface area contributed by atoms with Crippen LogP contribution in [0.4, 0.5) is 0 Å². The molecule has 0 aliphatic heterocycles. The summed E-state index contributed by atoms with van der Waals surface area (Å²) in [4.78, 5) is 0. The smallest absolute Gasteiger partial charge is 0.186 e.